The van der Waals surface area contributed by atoms with Gasteiger partial charge >= 0.3 is 0 Å². The first kappa shape index (κ1) is 8.48. The van der Waals surface area contributed by atoms with E-state index in [9.17, 15) is 0 Å². The van der Waals surface area contributed by atoms with E-state index in [1.54, 1.807) is 0 Å². The van der Waals surface area contributed by atoms with Crippen LogP contribution in [0.15, 0.2) is 5.16 Å². The summed E-state index contributed by atoms with van der Waals surface area (Å²) < 4.78 is 0. The minimum absolute atomic E-state index is 0.286. The van der Waals surface area contributed by atoms with E-state index in [1.165, 1.54) is 12.2 Å². The van der Waals surface area contributed by atoms with Gasteiger partial charge in [-0.3, -0.25) is 0 Å². The maximum absolute atomic E-state index is 4.99. The first-order valence-corrected chi connectivity index (χ1v) is 4.78. The van der Waals surface area contributed by atoms with Crippen LogP contribution in [0.5, 0.6) is 0 Å². The molecule has 0 saturated carbocycles. The molecule has 1 heterocycles. The van der Waals surface area contributed by atoms with Crippen molar-refractivity contribution in [3.05, 3.63) is 0 Å². The van der Waals surface area contributed by atoms with E-state index in [1.807, 2.05) is 11.8 Å². The average Bonchev–Trinajstić information content (AvgIpc) is 2.07. The summed E-state index contributed by atoms with van der Waals surface area (Å²) in [6.07, 6.45) is 7.27. The van der Waals surface area contributed by atoms with Crippen molar-refractivity contribution in [1.29, 1.82) is 0 Å². The van der Waals surface area contributed by atoms with E-state index >= 15 is 0 Å². The van der Waals surface area contributed by atoms with Crippen molar-refractivity contribution < 1.29 is 4.84 Å². The van der Waals surface area contributed by atoms with E-state index in [2.05, 4.69) is 11.1 Å². The Morgan fingerprint density at radius 1 is 1.73 bits per heavy atom. The Morgan fingerprint density at radius 2 is 2.64 bits per heavy atom. The molecule has 0 aliphatic carbocycles. The molecular weight excluding hydrogens is 158 g/mol. The molecule has 1 rings (SSSR count). The van der Waals surface area contributed by atoms with Gasteiger partial charge in [0, 0.05) is 5.75 Å². The van der Waals surface area contributed by atoms with Crippen LogP contribution in [0.3, 0.4) is 0 Å². The lowest BCUT2D eigenvalue weighted by Crippen LogP contribution is -2.09. The van der Waals surface area contributed by atoms with Gasteiger partial charge in [0.1, 0.15) is 0 Å². The number of terminal acetylenes is 1. The van der Waals surface area contributed by atoms with Gasteiger partial charge in [0.25, 0.3) is 0 Å². The van der Waals surface area contributed by atoms with Crippen LogP contribution < -0.4 is 0 Å². The van der Waals surface area contributed by atoms with E-state index in [-0.39, 0.29) is 6.61 Å². The Labute approximate surface area is 71.4 Å². The summed E-state index contributed by atoms with van der Waals surface area (Å²) in [5, 5.41) is 3.93. The van der Waals surface area contributed by atoms with E-state index in [0.29, 0.717) is 0 Å². The van der Waals surface area contributed by atoms with Gasteiger partial charge in [0.05, 0.1) is 5.71 Å². The topological polar surface area (TPSA) is 21.6 Å². The standard InChI is InChI=1S/C8H11NOS/c1-2-5-10-9-8-4-3-6-11-7-8/h1H,3-7H2/b9-8+. The molecule has 1 aliphatic heterocycles. The lowest BCUT2D eigenvalue weighted by Gasteiger charge is -2.10. The summed E-state index contributed by atoms with van der Waals surface area (Å²) in [4.78, 5) is 4.86. The summed E-state index contributed by atoms with van der Waals surface area (Å²) in [5.41, 5.74) is 1.14. The number of nitrogens with zero attached hydrogens (tertiary/aromatic N) is 1. The van der Waals surface area contributed by atoms with Crippen molar-refractivity contribution in [2.45, 2.75) is 12.8 Å². The van der Waals surface area contributed by atoms with Gasteiger partial charge < -0.3 is 4.84 Å². The summed E-state index contributed by atoms with van der Waals surface area (Å²) >= 11 is 1.90. The van der Waals surface area contributed by atoms with Crippen LogP contribution in [0.2, 0.25) is 0 Å². The quantitative estimate of drug-likeness (QED) is 0.355. The zero-order valence-electron chi connectivity index (χ0n) is 6.38. The maximum atomic E-state index is 4.99. The molecule has 2 nitrogen and oxygen atoms in total. The molecule has 11 heavy (non-hydrogen) atoms. The number of hydrogen-bond donors (Lipinski definition) is 0. The highest BCUT2D eigenvalue weighted by atomic mass is 32.2. The molecular formula is C8H11NOS. The minimum atomic E-state index is 0.286. The minimum Gasteiger partial charge on any atom is -0.383 e. The molecule has 0 bridgehead atoms. The van der Waals surface area contributed by atoms with E-state index in [4.69, 9.17) is 11.3 Å². The molecule has 60 valence electrons. The lowest BCUT2D eigenvalue weighted by molar-refractivity contribution is 0.179. The molecule has 0 aromatic heterocycles. The maximum Gasteiger partial charge on any atom is 0.177 e. The third-order valence-corrected chi connectivity index (χ3v) is 2.48. The van der Waals surface area contributed by atoms with E-state index in [0.717, 1.165) is 17.9 Å². The first-order chi connectivity index (χ1) is 5.43. The smallest absolute Gasteiger partial charge is 0.177 e. The Kier molecular flexibility index (Phi) is 3.92. The van der Waals surface area contributed by atoms with Crippen LogP contribution in [-0.4, -0.2) is 23.8 Å². The third-order valence-electron chi connectivity index (χ3n) is 1.36. The Bertz CT molecular complexity index is 175. The fraction of sp³-hybridized carbons (Fsp3) is 0.625. The van der Waals surface area contributed by atoms with E-state index < -0.39 is 0 Å². The Hall–Kier alpha value is -0.620. The molecule has 3 heteroatoms. The highest BCUT2D eigenvalue weighted by Gasteiger charge is 2.06. The van der Waals surface area contributed by atoms with Crippen molar-refractivity contribution in [3.63, 3.8) is 0 Å². The second-order valence-electron chi connectivity index (χ2n) is 2.29. The largest absolute Gasteiger partial charge is 0.383 e. The van der Waals surface area contributed by atoms with Gasteiger partial charge in [-0.25, -0.2) is 0 Å². The van der Waals surface area contributed by atoms with Crippen molar-refractivity contribution in [2.75, 3.05) is 18.1 Å². The summed E-state index contributed by atoms with van der Waals surface area (Å²) in [6.45, 7) is 0.286. The van der Waals surface area contributed by atoms with Crippen molar-refractivity contribution in [3.8, 4) is 12.3 Å². The van der Waals surface area contributed by atoms with Crippen molar-refractivity contribution in [2.24, 2.45) is 5.16 Å². The van der Waals surface area contributed by atoms with Crippen LogP contribution in [0.4, 0.5) is 0 Å². The predicted molar refractivity (Wildman–Crippen MR) is 48.8 cm³/mol. The van der Waals surface area contributed by atoms with Crippen molar-refractivity contribution in [1.82, 2.24) is 0 Å². The summed E-state index contributed by atoms with van der Waals surface area (Å²) in [5.74, 6) is 4.62. The summed E-state index contributed by atoms with van der Waals surface area (Å²) in [6, 6.07) is 0. The van der Waals surface area contributed by atoms with Crippen LogP contribution in [0.1, 0.15) is 12.8 Å². The highest BCUT2D eigenvalue weighted by Crippen LogP contribution is 2.14. The average molecular weight is 169 g/mol. The molecule has 0 unspecified atom stereocenters. The molecule has 0 aromatic carbocycles. The van der Waals surface area contributed by atoms with Crippen LogP contribution in [0, 0.1) is 12.3 Å². The molecule has 1 saturated heterocycles. The monoisotopic (exact) mass is 169 g/mol. The molecule has 0 N–H and O–H groups in total. The molecule has 1 fully saturated rings. The normalized spacial score (nSPS) is 21.2. The van der Waals surface area contributed by atoms with Gasteiger partial charge in [0.2, 0.25) is 0 Å². The molecule has 0 atom stereocenters. The second kappa shape index (κ2) is 5.09. The molecule has 0 aromatic rings. The number of thioether (sulfide) groups is 1. The van der Waals surface area contributed by atoms with Crippen molar-refractivity contribution >= 4 is 17.5 Å². The zero-order chi connectivity index (χ0) is 7.94. The molecule has 1 aliphatic rings. The third kappa shape index (κ3) is 3.33. The molecule has 0 amide bonds. The summed E-state index contributed by atoms with van der Waals surface area (Å²) in [7, 11) is 0. The lowest BCUT2D eigenvalue weighted by atomic mass is 10.2. The number of hydrogen-bond acceptors (Lipinski definition) is 3. The predicted octanol–water partition coefficient (Wildman–Crippen LogP) is 1.52. The SMILES string of the molecule is C#CCO/N=C1\CCCSC1. The van der Waals surface area contributed by atoms with Crippen LogP contribution in [-0.2, 0) is 4.84 Å². The molecule has 0 radical (unpaired) electrons. The van der Waals surface area contributed by atoms with Gasteiger partial charge in [-0.2, -0.15) is 11.8 Å². The fourth-order valence-corrected chi connectivity index (χ4v) is 1.80. The Morgan fingerprint density at radius 3 is 3.27 bits per heavy atom. The van der Waals surface area contributed by atoms with Gasteiger partial charge in [-0.05, 0) is 18.6 Å². The first-order valence-electron chi connectivity index (χ1n) is 3.62. The second-order valence-corrected chi connectivity index (χ2v) is 3.40. The Balaban J connectivity index is 2.22. The highest BCUT2D eigenvalue weighted by molar-refractivity contribution is 8.00. The van der Waals surface area contributed by atoms with Gasteiger partial charge in [0.15, 0.2) is 6.61 Å². The van der Waals surface area contributed by atoms with Gasteiger partial charge in [-0.1, -0.05) is 11.1 Å². The van der Waals surface area contributed by atoms with Crippen LogP contribution in [0.25, 0.3) is 0 Å². The number of oxime groups is 1. The van der Waals surface area contributed by atoms with Crippen LogP contribution >= 0.6 is 11.8 Å². The fourth-order valence-electron chi connectivity index (χ4n) is 0.873. The zero-order valence-corrected chi connectivity index (χ0v) is 7.19. The van der Waals surface area contributed by atoms with Gasteiger partial charge in [-0.15, -0.1) is 6.42 Å². The number of rotatable bonds is 2. The molecule has 0 spiro atoms.